The third kappa shape index (κ3) is 3.25. The maximum absolute atomic E-state index is 6.11. The molecule has 0 aliphatic heterocycles. The summed E-state index contributed by atoms with van der Waals surface area (Å²) in [5, 5.41) is 3.31. The predicted molar refractivity (Wildman–Crippen MR) is 74.9 cm³/mol. The first-order chi connectivity index (χ1) is 8.79. The lowest BCUT2D eigenvalue weighted by Gasteiger charge is -2.14. The number of hydrogen-bond acceptors (Lipinski definition) is 3. The van der Waals surface area contributed by atoms with Gasteiger partial charge in [-0.05, 0) is 29.8 Å². The number of methoxy groups -OCH3 is 1. The van der Waals surface area contributed by atoms with Crippen molar-refractivity contribution in [3.63, 3.8) is 0 Å². The van der Waals surface area contributed by atoms with Gasteiger partial charge in [0.25, 0.3) is 0 Å². The summed E-state index contributed by atoms with van der Waals surface area (Å²) in [5.41, 5.74) is 8.29. The van der Waals surface area contributed by atoms with Crippen molar-refractivity contribution in [3.05, 3.63) is 60.2 Å². The van der Waals surface area contributed by atoms with Crippen LogP contribution in [-0.4, -0.2) is 13.7 Å². The SMILES string of the molecule is COc1ccc(NC[C@@H](N)c2ccccc2)cc1. The number of anilines is 1. The third-order valence-corrected chi connectivity index (χ3v) is 2.84. The van der Waals surface area contributed by atoms with E-state index in [4.69, 9.17) is 10.5 Å². The molecule has 94 valence electrons. The maximum Gasteiger partial charge on any atom is 0.119 e. The number of benzene rings is 2. The van der Waals surface area contributed by atoms with Gasteiger partial charge in [0.1, 0.15) is 5.75 Å². The third-order valence-electron chi connectivity index (χ3n) is 2.84. The van der Waals surface area contributed by atoms with Gasteiger partial charge in [-0.15, -0.1) is 0 Å². The molecule has 0 aliphatic carbocycles. The van der Waals surface area contributed by atoms with Gasteiger partial charge in [-0.3, -0.25) is 0 Å². The molecule has 0 fully saturated rings. The van der Waals surface area contributed by atoms with Crippen molar-refractivity contribution in [2.24, 2.45) is 5.73 Å². The minimum atomic E-state index is -0.00620. The van der Waals surface area contributed by atoms with Crippen LogP contribution < -0.4 is 15.8 Å². The van der Waals surface area contributed by atoms with Gasteiger partial charge in [0.05, 0.1) is 7.11 Å². The molecule has 0 aliphatic rings. The molecule has 3 heteroatoms. The molecule has 3 N–H and O–H groups in total. The molecule has 0 saturated heterocycles. The second kappa shape index (κ2) is 6.07. The lowest BCUT2D eigenvalue weighted by atomic mass is 10.1. The van der Waals surface area contributed by atoms with Gasteiger partial charge in [-0.1, -0.05) is 30.3 Å². The average molecular weight is 242 g/mol. The molecule has 0 radical (unpaired) electrons. The van der Waals surface area contributed by atoms with Crippen molar-refractivity contribution >= 4 is 5.69 Å². The quantitative estimate of drug-likeness (QED) is 0.847. The van der Waals surface area contributed by atoms with Crippen LogP contribution in [-0.2, 0) is 0 Å². The summed E-state index contributed by atoms with van der Waals surface area (Å²) in [6.07, 6.45) is 0. The van der Waals surface area contributed by atoms with E-state index in [1.165, 1.54) is 0 Å². The van der Waals surface area contributed by atoms with Gasteiger partial charge in [0.15, 0.2) is 0 Å². The maximum atomic E-state index is 6.11. The highest BCUT2D eigenvalue weighted by Crippen LogP contribution is 2.16. The smallest absolute Gasteiger partial charge is 0.119 e. The highest BCUT2D eigenvalue weighted by molar-refractivity contribution is 5.46. The van der Waals surface area contributed by atoms with E-state index in [1.807, 2.05) is 54.6 Å². The van der Waals surface area contributed by atoms with E-state index in [1.54, 1.807) is 7.11 Å². The van der Waals surface area contributed by atoms with Crippen LogP contribution >= 0.6 is 0 Å². The van der Waals surface area contributed by atoms with Gasteiger partial charge in [0, 0.05) is 18.3 Å². The van der Waals surface area contributed by atoms with E-state index in [0.717, 1.165) is 17.0 Å². The molecule has 0 saturated carbocycles. The fourth-order valence-corrected chi connectivity index (χ4v) is 1.75. The van der Waals surface area contributed by atoms with Crippen LogP contribution in [0.1, 0.15) is 11.6 Å². The zero-order valence-electron chi connectivity index (χ0n) is 10.5. The molecular formula is C15H18N2O. The molecule has 0 amide bonds. The summed E-state index contributed by atoms with van der Waals surface area (Å²) in [4.78, 5) is 0. The molecule has 0 spiro atoms. The average Bonchev–Trinajstić information content (AvgIpc) is 2.46. The monoisotopic (exact) mass is 242 g/mol. The zero-order chi connectivity index (χ0) is 12.8. The van der Waals surface area contributed by atoms with Crippen molar-refractivity contribution in [2.45, 2.75) is 6.04 Å². The highest BCUT2D eigenvalue weighted by Gasteiger charge is 2.04. The molecular weight excluding hydrogens is 224 g/mol. The Kier molecular flexibility index (Phi) is 4.20. The Morgan fingerprint density at radius 2 is 1.72 bits per heavy atom. The first kappa shape index (κ1) is 12.5. The van der Waals surface area contributed by atoms with Gasteiger partial charge < -0.3 is 15.8 Å². The number of ether oxygens (including phenoxy) is 1. The van der Waals surface area contributed by atoms with Crippen molar-refractivity contribution < 1.29 is 4.74 Å². The second-order valence-corrected chi connectivity index (χ2v) is 4.13. The second-order valence-electron chi connectivity index (χ2n) is 4.13. The van der Waals surface area contributed by atoms with Crippen LogP contribution in [0.5, 0.6) is 5.75 Å². The van der Waals surface area contributed by atoms with E-state index in [2.05, 4.69) is 5.32 Å². The van der Waals surface area contributed by atoms with Gasteiger partial charge >= 0.3 is 0 Å². The van der Waals surface area contributed by atoms with Crippen LogP contribution in [0.2, 0.25) is 0 Å². The molecule has 1 atom stereocenters. The van der Waals surface area contributed by atoms with Gasteiger partial charge in [-0.25, -0.2) is 0 Å². The van der Waals surface area contributed by atoms with Crippen LogP contribution in [0, 0.1) is 0 Å². The van der Waals surface area contributed by atoms with Crippen LogP contribution in [0.25, 0.3) is 0 Å². The first-order valence-electron chi connectivity index (χ1n) is 5.98. The Bertz CT molecular complexity index is 468. The Balaban J connectivity index is 1.91. The topological polar surface area (TPSA) is 47.3 Å². The molecule has 18 heavy (non-hydrogen) atoms. The first-order valence-corrected chi connectivity index (χ1v) is 5.98. The number of hydrogen-bond donors (Lipinski definition) is 2. The summed E-state index contributed by atoms with van der Waals surface area (Å²) >= 11 is 0. The highest BCUT2D eigenvalue weighted by atomic mass is 16.5. The largest absolute Gasteiger partial charge is 0.497 e. The Hall–Kier alpha value is -2.00. The molecule has 2 aromatic rings. The van der Waals surface area contributed by atoms with E-state index < -0.39 is 0 Å². The predicted octanol–water partition coefficient (Wildman–Crippen LogP) is 2.81. The van der Waals surface area contributed by atoms with E-state index in [0.29, 0.717) is 6.54 Å². The van der Waals surface area contributed by atoms with Crippen molar-refractivity contribution in [2.75, 3.05) is 19.0 Å². The van der Waals surface area contributed by atoms with Crippen LogP contribution in [0.15, 0.2) is 54.6 Å². The molecule has 0 aromatic heterocycles. The molecule has 0 unspecified atom stereocenters. The van der Waals surface area contributed by atoms with Crippen molar-refractivity contribution in [3.8, 4) is 5.75 Å². The van der Waals surface area contributed by atoms with E-state index >= 15 is 0 Å². The van der Waals surface area contributed by atoms with Crippen molar-refractivity contribution in [1.82, 2.24) is 0 Å². The van der Waals surface area contributed by atoms with Crippen LogP contribution in [0.4, 0.5) is 5.69 Å². The van der Waals surface area contributed by atoms with Gasteiger partial charge in [-0.2, -0.15) is 0 Å². The fraction of sp³-hybridized carbons (Fsp3) is 0.200. The number of nitrogens with two attached hydrogens (primary N) is 1. The minimum absolute atomic E-state index is 0.00620. The molecule has 0 bridgehead atoms. The lowest BCUT2D eigenvalue weighted by Crippen LogP contribution is -2.20. The summed E-state index contributed by atoms with van der Waals surface area (Å²) < 4.78 is 5.11. The van der Waals surface area contributed by atoms with Gasteiger partial charge in [0.2, 0.25) is 0 Å². The van der Waals surface area contributed by atoms with Crippen molar-refractivity contribution in [1.29, 1.82) is 0 Å². The number of rotatable bonds is 5. The fourth-order valence-electron chi connectivity index (χ4n) is 1.75. The molecule has 2 aromatic carbocycles. The van der Waals surface area contributed by atoms with E-state index in [-0.39, 0.29) is 6.04 Å². The zero-order valence-corrected chi connectivity index (χ0v) is 10.5. The minimum Gasteiger partial charge on any atom is -0.497 e. The van der Waals surface area contributed by atoms with Crippen LogP contribution in [0.3, 0.4) is 0 Å². The molecule has 0 heterocycles. The normalized spacial score (nSPS) is 11.9. The molecule has 2 rings (SSSR count). The summed E-state index contributed by atoms with van der Waals surface area (Å²) in [6, 6.07) is 17.9. The Labute approximate surface area is 108 Å². The standard InChI is InChI=1S/C15H18N2O/c1-18-14-9-7-13(8-10-14)17-11-15(16)12-5-3-2-4-6-12/h2-10,15,17H,11,16H2,1H3/t15-/m1/s1. The summed E-state index contributed by atoms with van der Waals surface area (Å²) in [6.45, 7) is 0.705. The molecule has 3 nitrogen and oxygen atoms in total. The van der Waals surface area contributed by atoms with E-state index in [9.17, 15) is 0 Å². The summed E-state index contributed by atoms with van der Waals surface area (Å²) in [7, 11) is 1.66. The Morgan fingerprint density at radius 3 is 2.33 bits per heavy atom. The number of nitrogens with one attached hydrogen (secondary N) is 1. The summed E-state index contributed by atoms with van der Waals surface area (Å²) in [5.74, 6) is 0.855. The Morgan fingerprint density at radius 1 is 1.06 bits per heavy atom. The lowest BCUT2D eigenvalue weighted by molar-refractivity contribution is 0.415.